The van der Waals surface area contributed by atoms with Gasteiger partial charge in [0.2, 0.25) is 0 Å². The first-order valence-electron chi connectivity index (χ1n) is 8.41. The topological polar surface area (TPSA) is 58.6 Å². The van der Waals surface area contributed by atoms with E-state index < -0.39 is 5.97 Å². The molecule has 1 saturated heterocycles. The van der Waals surface area contributed by atoms with Gasteiger partial charge in [0.15, 0.2) is 0 Å². The number of hydrogen-bond donors (Lipinski definition) is 2. The monoisotopic (exact) mass is 323 g/mol. The summed E-state index contributed by atoms with van der Waals surface area (Å²) < 4.78 is 6.04. The molecule has 2 heterocycles. The van der Waals surface area contributed by atoms with E-state index in [0.29, 0.717) is 5.92 Å². The van der Waals surface area contributed by atoms with Crippen molar-refractivity contribution in [3.05, 3.63) is 64.7 Å². The lowest BCUT2D eigenvalue weighted by Gasteiger charge is -2.37. The van der Waals surface area contributed by atoms with Gasteiger partial charge in [0.25, 0.3) is 0 Å². The Labute approximate surface area is 141 Å². The Morgan fingerprint density at radius 3 is 2.96 bits per heavy atom. The summed E-state index contributed by atoms with van der Waals surface area (Å²) in [5.74, 6) is -0.431. The highest BCUT2D eigenvalue weighted by Gasteiger charge is 2.41. The first-order chi connectivity index (χ1) is 11.6. The summed E-state index contributed by atoms with van der Waals surface area (Å²) in [4.78, 5) is 11.0. The lowest BCUT2D eigenvalue weighted by Crippen LogP contribution is -2.29. The van der Waals surface area contributed by atoms with Gasteiger partial charge in [0, 0.05) is 23.8 Å². The van der Waals surface area contributed by atoms with Crippen LogP contribution in [-0.4, -0.2) is 17.7 Å². The Morgan fingerprint density at radius 2 is 2.17 bits per heavy atom. The molecule has 1 fully saturated rings. The summed E-state index contributed by atoms with van der Waals surface area (Å²) in [6.07, 6.45) is 1.10. The Bertz CT molecular complexity index is 786. The van der Waals surface area contributed by atoms with Gasteiger partial charge in [-0.2, -0.15) is 0 Å². The molecule has 4 heteroatoms. The van der Waals surface area contributed by atoms with Crippen LogP contribution in [0, 0.1) is 12.8 Å². The molecule has 0 saturated carbocycles. The fourth-order valence-corrected chi connectivity index (χ4v) is 4.00. The van der Waals surface area contributed by atoms with E-state index >= 15 is 0 Å². The third-order valence-corrected chi connectivity index (χ3v) is 5.06. The van der Waals surface area contributed by atoms with E-state index in [9.17, 15) is 4.79 Å². The molecule has 2 N–H and O–H groups in total. The highest BCUT2D eigenvalue weighted by molar-refractivity contribution is 5.71. The number of carbonyl (C=O) groups is 1. The number of fused-ring (bicyclic) bond motifs is 3. The van der Waals surface area contributed by atoms with Gasteiger partial charge in [-0.05, 0) is 30.5 Å². The highest BCUT2D eigenvalue weighted by atomic mass is 16.5. The van der Waals surface area contributed by atoms with Crippen molar-refractivity contribution < 1.29 is 14.6 Å². The summed E-state index contributed by atoms with van der Waals surface area (Å²) in [5, 5.41) is 12.7. The van der Waals surface area contributed by atoms with Gasteiger partial charge in [-0.1, -0.05) is 42.0 Å². The van der Waals surface area contributed by atoms with Gasteiger partial charge in [-0.25, -0.2) is 0 Å². The largest absolute Gasteiger partial charge is 0.481 e. The molecule has 0 unspecified atom stereocenters. The predicted molar refractivity (Wildman–Crippen MR) is 92.1 cm³/mol. The van der Waals surface area contributed by atoms with Crippen molar-refractivity contribution >= 4 is 11.7 Å². The van der Waals surface area contributed by atoms with Gasteiger partial charge in [-0.3, -0.25) is 4.79 Å². The average Bonchev–Trinajstić information content (AvgIpc) is 3.03. The van der Waals surface area contributed by atoms with E-state index in [1.807, 2.05) is 18.2 Å². The molecule has 2 aliphatic heterocycles. The molecule has 3 atom stereocenters. The molecule has 4 nitrogen and oxygen atoms in total. The van der Waals surface area contributed by atoms with Gasteiger partial charge in [0.1, 0.15) is 0 Å². The summed E-state index contributed by atoms with van der Waals surface area (Å²) in [6, 6.07) is 14.7. The van der Waals surface area contributed by atoms with Crippen molar-refractivity contribution in [2.75, 3.05) is 11.9 Å². The zero-order valence-electron chi connectivity index (χ0n) is 13.7. The fourth-order valence-electron chi connectivity index (χ4n) is 4.00. The molecule has 0 amide bonds. The summed E-state index contributed by atoms with van der Waals surface area (Å²) in [5.41, 5.74) is 5.52. The van der Waals surface area contributed by atoms with E-state index in [0.717, 1.165) is 29.8 Å². The number of ether oxygens (including phenoxy) is 1. The van der Waals surface area contributed by atoms with Crippen LogP contribution in [0.5, 0.6) is 0 Å². The summed E-state index contributed by atoms with van der Waals surface area (Å²) in [7, 11) is 0. The molecule has 0 spiro atoms. The van der Waals surface area contributed by atoms with E-state index in [1.165, 1.54) is 11.1 Å². The maximum Gasteiger partial charge on any atom is 0.307 e. The fraction of sp³-hybridized carbons (Fsp3) is 0.350. The zero-order chi connectivity index (χ0) is 16.7. The highest BCUT2D eigenvalue weighted by Crippen LogP contribution is 2.50. The van der Waals surface area contributed by atoms with Gasteiger partial charge in [-0.15, -0.1) is 0 Å². The van der Waals surface area contributed by atoms with Crippen LogP contribution in [0.2, 0.25) is 0 Å². The van der Waals surface area contributed by atoms with Crippen molar-refractivity contribution in [1.29, 1.82) is 0 Å². The molecular formula is C20H21NO3. The SMILES string of the molecule is Cc1cccc([C@H]2Nc3ccc(CC(=O)O)cc3[C@@H]3OCC[C@H]23)c1. The first-order valence-corrected chi connectivity index (χ1v) is 8.41. The van der Waals surface area contributed by atoms with Gasteiger partial charge >= 0.3 is 5.97 Å². The molecule has 2 aliphatic rings. The first kappa shape index (κ1) is 15.2. The van der Waals surface area contributed by atoms with Crippen LogP contribution in [0.15, 0.2) is 42.5 Å². The van der Waals surface area contributed by atoms with Crippen molar-refractivity contribution in [3.63, 3.8) is 0 Å². The second-order valence-electron chi connectivity index (χ2n) is 6.77. The lowest BCUT2D eigenvalue weighted by atomic mass is 9.80. The Kier molecular flexibility index (Phi) is 3.77. The number of carboxylic acid groups (broad SMARTS) is 1. The van der Waals surface area contributed by atoms with E-state index in [4.69, 9.17) is 9.84 Å². The van der Waals surface area contributed by atoms with Crippen LogP contribution in [0.3, 0.4) is 0 Å². The molecular weight excluding hydrogens is 302 g/mol. The number of carboxylic acids is 1. The second kappa shape index (κ2) is 5.95. The number of hydrogen-bond acceptors (Lipinski definition) is 3. The third-order valence-electron chi connectivity index (χ3n) is 5.06. The number of aryl methyl sites for hydroxylation is 1. The van der Waals surface area contributed by atoms with Crippen LogP contribution >= 0.6 is 0 Å². The molecule has 4 rings (SSSR count). The van der Waals surface area contributed by atoms with Crippen LogP contribution in [-0.2, 0) is 16.0 Å². The molecule has 24 heavy (non-hydrogen) atoms. The minimum atomic E-state index is -0.805. The van der Waals surface area contributed by atoms with E-state index in [1.54, 1.807) is 0 Å². The number of aliphatic carboxylic acids is 1. The number of anilines is 1. The maximum atomic E-state index is 11.0. The van der Waals surface area contributed by atoms with Crippen molar-refractivity contribution in [1.82, 2.24) is 0 Å². The smallest absolute Gasteiger partial charge is 0.307 e. The molecule has 2 aromatic rings. The number of benzene rings is 2. The molecule has 124 valence electrons. The second-order valence-corrected chi connectivity index (χ2v) is 6.77. The van der Waals surface area contributed by atoms with Crippen LogP contribution in [0.25, 0.3) is 0 Å². The zero-order valence-corrected chi connectivity index (χ0v) is 13.7. The normalized spacial score (nSPS) is 24.8. The number of rotatable bonds is 3. The van der Waals surface area contributed by atoms with Gasteiger partial charge < -0.3 is 15.2 Å². The Morgan fingerprint density at radius 1 is 1.29 bits per heavy atom. The van der Waals surface area contributed by atoms with Crippen molar-refractivity contribution in [3.8, 4) is 0 Å². The van der Waals surface area contributed by atoms with Crippen LogP contribution in [0.4, 0.5) is 5.69 Å². The number of nitrogens with one attached hydrogen (secondary N) is 1. The standard InChI is InChI=1S/C20H21NO3/c1-12-3-2-4-14(9-12)19-15-7-8-24-20(15)16-10-13(11-18(22)23)5-6-17(16)21-19/h2-6,9-10,15,19-21H,7-8,11H2,1H3,(H,22,23)/t15-,19-,20-/m1/s1. The lowest BCUT2D eigenvalue weighted by molar-refractivity contribution is -0.136. The van der Waals surface area contributed by atoms with E-state index in [2.05, 4.69) is 36.5 Å². The third kappa shape index (κ3) is 2.67. The minimum Gasteiger partial charge on any atom is -0.481 e. The summed E-state index contributed by atoms with van der Waals surface area (Å²) >= 11 is 0. The van der Waals surface area contributed by atoms with Crippen molar-refractivity contribution in [2.24, 2.45) is 5.92 Å². The Balaban J connectivity index is 1.72. The maximum absolute atomic E-state index is 11.0. The predicted octanol–water partition coefficient (Wildman–Crippen LogP) is 3.87. The molecule has 0 aliphatic carbocycles. The average molecular weight is 323 g/mol. The Hall–Kier alpha value is -2.33. The molecule has 2 aromatic carbocycles. The molecule has 0 bridgehead atoms. The van der Waals surface area contributed by atoms with Crippen molar-refractivity contribution in [2.45, 2.75) is 31.9 Å². The minimum absolute atomic E-state index is 0.0421. The van der Waals surface area contributed by atoms with E-state index in [-0.39, 0.29) is 18.6 Å². The van der Waals surface area contributed by atoms with Crippen LogP contribution < -0.4 is 5.32 Å². The van der Waals surface area contributed by atoms with Crippen LogP contribution in [0.1, 0.15) is 40.8 Å². The quantitative estimate of drug-likeness (QED) is 0.900. The van der Waals surface area contributed by atoms with Gasteiger partial charge in [0.05, 0.1) is 18.6 Å². The molecule has 0 aromatic heterocycles. The summed E-state index contributed by atoms with van der Waals surface area (Å²) in [6.45, 7) is 2.86. The molecule has 0 radical (unpaired) electrons.